The van der Waals surface area contributed by atoms with Crippen molar-refractivity contribution < 1.29 is 26.7 Å². The lowest BCUT2D eigenvalue weighted by molar-refractivity contribution is -0.228. The Kier molecular flexibility index (Phi) is 6.38. The first-order valence-corrected chi connectivity index (χ1v) is 12.7. The molecule has 0 spiro atoms. The van der Waals surface area contributed by atoms with Crippen LogP contribution in [0.15, 0.2) is 42.5 Å². The van der Waals surface area contributed by atoms with Crippen LogP contribution in [0.4, 0.5) is 22.0 Å². The van der Waals surface area contributed by atoms with E-state index >= 15 is 0 Å². The summed E-state index contributed by atoms with van der Waals surface area (Å²) in [5, 5.41) is 3.29. The molecule has 1 aliphatic carbocycles. The van der Waals surface area contributed by atoms with Crippen molar-refractivity contribution in [1.29, 1.82) is 0 Å². The highest BCUT2D eigenvalue weighted by Gasteiger charge is 2.56. The quantitative estimate of drug-likeness (QED) is 0.548. The van der Waals surface area contributed by atoms with Gasteiger partial charge in [-0.1, -0.05) is 30.3 Å². The van der Waals surface area contributed by atoms with E-state index in [0.717, 1.165) is 37.1 Å². The topological polar surface area (TPSA) is 32.3 Å². The van der Waals surface area contributed by atoms with Gasteiger partial charge in [0.1, 0.15) is 5.82 Å². The predicted octanol–water partition coefficient (Wildman–Crippen LogP) is 5.60. The zero-order chi connectivity index (χ0) is 25.7. The van der Waals surface area contributed by atoms with Gasteiger partial charge >= 0.3 is 6.18 Å². The molecular weight excluding hydrogens is 475 g/mol. The third kappa shape index (κ3) is 4.21. The van der Waals surface area contributed by atoms with E-state index in [1.807, 2.05) is 4.90 Å². The molecule has 194 valence electrons. The van der Waals surface area contributed by atoms with Crippen molar-refractivity contribution in [2.75, 3.05) is 19.6 Å². The van der Waals surface area contributed by atoms with E-state index in [1.54, 1.807) is 18.2 Å². The first kappa shape index (κ1) is 25.2. The fourth-order valence-electron chi connectivity index (χ4n) is 6.56. The largest absolute Gasteiger partial charge is 0.426 e. The number of hydrogen-bond acceptors (Lipinski definition) is 2. The minimum atomic E-state index is -5.02. The van der Waals surface area contributed by atoms with E-state index in [-0.39, 0.29) is 23.7 Å². The number of hydrogen-bond donors (Lipinski definition) is 1. The molecule has 2 aromatic rings. The van der Waals surface area contributed by atoms with Gasteiger partial charge in [0.2, 0.25) is 11.6 Å². The number of nitrogens with one attached hydrogen (secondary N) is 1. The number of benzene rings is 2. The molecule has 3 nitrogen and oxygen atoms in total. The second kappa shape index (κ2) is 9.12. The average molecular weight is 507 g/mol. The Balaban J connectivity index is 1.55. The number of likely N-dealkylation sites (tertiary alicyclic amines) is 1. The van der Waals surface area contributed by atoms with E-state index in [2.05, 4.69) is 5.32 Å². The van der Waals surface area contributed by atoms with Crippen LogP contribution in [0.2, 0.25) is 0 Å². The molecule has 3 atom stereocenters. The van der Waals surface area contributed by atoms with Crippen molar-refractivity contribution in [2.45, 2.75) is 68.8 Å². The number of amides is 1. The molecule has 2 fully saturated rings. The maximum absolute atomic E-state index is 14.8. The molecule has 0 radical (unpaired) electrons. The summed E-state index contributed by atoms with van der Waals surface area (Å²) in [7, 11) is 0. The van der Waals surface area contributed by atoms with E-state index in [0.29, 0.717) is 44.7 Å². The lowest BCUT2D eigenvalue weighted by atomic mass is 9.63. The molecule has 1 N–H and O–H groups in total. The van der Waals surface area contributed by atoms with Crippen LogP contribution in [0.5, 0.6) is 0 Å². The Hall–Kier alpha value is -2.48. The van der Waals surface area contributed by atoms with E-state index in [4.69, 9.17) is 0 Å². The van der Waals surface area contributed by atoms with Gasteiger partial charge in [0.15, 0.2) is 0 Å². The Morgan fingerprint density at radius 2 is 1.75 bits per heavy atom. The van der Waals surface area contributed by atoms with Crippen LogP contribution < -0.4 is 5.32 Å². The highest BCUT2D eigenvalue weighted by molar-refractivity contribution is 5.80. The number of piperidine rings is 1. The molecule has 8 heteroatoms. The SMILES string of the molecule is CC(F)(c1ccc2c(c1)CC[C@H]1N(C(=O)C3CCNCC3)CC[C@@]21Cc1ccc(F)cc1)C(F)(F)F. The predicted molar refractivity (Wildman–Crippen MR) is 127 cm³/mol. The molecule has 36 heavy (non-hydrogen) atoms. The summed E-state index contributed by atoms with van der Waals surface area (Å²) in [4.78, 5) is 15.6. The molecule has 1 amide bonds. The normalized spacial score (nSPS) is 26.3. The number of carbonyl (C=O) groups excluding carboxylic acids is 1. The monoisotopic (exact) mass is 506 g/mol. The Bertz CT molecular complexity index is 1120. The number of halogens is 5. The second-order valence-corrected chi connectivity index (χ2v) is 10.7. The third-order valence-electron chi connectivity index (χ3n) is 8.62. The molecule has 0 aromatic heterocycles. The minimum Gasteiger partial charge on any atom is -0.339 e. The van der Waals surface area contributed by atoms with Crippen LogP contribution in [-0.2, 0) is 28.7 Å². The summed E-state index contributed by atoms with van der Waals surface area (Å²) >= 11 is 0. The van der Waals surface area contributed by atoms with Crippen LogP contribution in [0, 0.1) is 11.7 Å². The zero-order valence-electron chi connectivity index (χ0n) is 20.3. The highest BCUT2D eigenvalue weighted by atomic mass is 19.4. The summed E-state index contributed by atoms with van der Waals surface area (Å²) in [6, 6.07) is 10.4. The second-order valence-electron chi connectivity index (χ2n) is 10.7. The van der Waals surface area contributed by atoms with Gasteiger partial charge in [-0.2, -0.15) is 13.2 Å². The van der Waals surface area contributed by atoms with Crippen LogP contribution in [0.25, 0.3) is 0 Å². The molecule has 5 rings (SSSR count). The summed E-state index contributed by atoms with van der Waals surface area (Å²) in [6.07, 6.45) is -1.17. The van der Waals surface area contributed by atoms with Crippen molar-refractivity contribution >= 4 is 5.91 Å². The van der Waals surface area contributed by atoms with Crippen LogP contribution >= 0.6 is 0 Å². The lowest BCUT2D eigenvalue weighted by Gasteiger charge is -2.44. The third-order valence-corrected chi connectivity index (χ3v) is 8.62. The molecule has 2 saturated heterocycles. The number of aryl methyl sites for hydroxylation is 1. The highest BCUT2D eigenvalue weighted by Crippen LogP contribution is 2.51. The number of rotatable bonds is 4. The van der Waals surface area contributed by atoms with Gasteiger partial charge < -0.3 is 10.2 Å². The fourth-order valence-corrected chi connectivity index (χ4v) is 6.56. The summed E-state index contributed by atoms with van der Waals surface area (Å²) < 4.78 is 68.7. The average Bonchev–Trinajstić information content (AvgIpc) is 3.24. The zero-order valence-corrected chi connectivity index (χ0v) is 20.3. The van der Waals surface area contributed by atoms with Crippen molar-refractivity contribution in [3.8, 4) is 0 Å². The first-order valence-electron chi connectivity index (χ1n) is 12.7. The smallest absolute Gasteiger partial charge is 0.339 e. The summed E-state index contributed by atoms with van der Waals surface area (Å²) in [5.41, 5.74) is -1.88. The summed E-state index contributed by atoms with van der Waals surface area (Å²) in [6.45, 7) is 2.74. The Morgan fingerprint density at radius 1 is 1.06 bits per heavy atom. The molecule has 2 heterocycles. The van der Waals surface area contributed by atoms with E-state index in [1.165, 1.54) is 24.3 Å². The molecule has 2 aliphatic heterocycles. The number of nitrogens with zero attached hydrogens (tertiary/aromatic N) is 1. The molecule has 3 aliphatic rings. The van der Waals surface area contributed by atoms with Crippen LogP contribution in [0.1, 0.15) is 54.9 Å². The van der Waals surface area contributed by atoms with E-state index < -0.39 is 22.8 Å². The van der Waals surface area contributed by atoms with Crippen molar-refractivity contribution in [3.05, 3.63) is 70.5 Å². The maximum Gasteiger partial charge on any atom is 0.426 e. The van der Waals surface area contributed by atoms with Crippen LogP contribution in [0.3, 0.4) is 0 Å². The molecule has 0 bridgehead atoms. The molecule has 1 unspecified atom stereocenters. The molecule has 0 saturated carbocycles. The molecule has 2 aromatic carbocycles. The first-order chi connectivity index (χ1) is 17.0. The number of fused-ring (bicyclic) bond motifs is 3. The summed E-state index contributed by atoms with van der Waals surface area (Å²) in [5.74, 6) is -0.225. The standard InChI is InChI=1S/C28H31F5N2O/c1-26(30,28(31,32)33)21-5-8-23-20(16-21)4-9-24-27(23,17-18-2-6-22(29)7-3-18)12-15-35(24)25(36)19-10-13-34-14-11-19/h2-3,5-8,16,19,24,34H,4,9-15,17H2,1H3/t24-,26?,27-/m1/s1. The van der Waals surface area contributed by atoms with Gasteiger partial charge in [0.25, 0.3) is 0 Å². The Labute approximate surface area is 208 Å². The van der Waals surface area contributed by atoms with Gasteiger partial charge in [-0.15, -0.1) is 0 Å². The van der Waals surface area contributed by atoms with Gasteiger partial charge in [0.05, 0.1) is 0 Å². The van der Waals surface area contributed by atoms with Crippen molar-refractivity contribution in [1.82, 2.24) is 10.2 Å². The van der Waals surface area contributed by atoms with Gasteiger partial charge in [-0.3, -0.25) is 4.79 Å². The fraction of sp³-hybridized carbons (Fsp3) is 0.536. The number of alkyl halides is 4. The van der Waals surface area contributed by atoms with E-state index in [9.17, 15) is 26.7 Å². The Morgan fingerprint density at radius 3 is 2.42 bits per heavy atom. The van der Waals surface area contributed by atoms with Crippen LogP contribution in [-0.4, -0.2) is 42.7 Å². The molecular formula is C28H31F5N2O. The van der Waals surface area contributed by atoms with Gasteiger partial charge in [-0.25, -0.2) is 8.78 Å². The lowest BCUT2D eigenvalue weighted by Crippen LogP contribution is -2.51. The number of carbonyl (C=O) groups is 1. The maximum atomic E-state index is 14.8. The van der Waals surface area contributed by atoms with Crippen molar-refractivity contribution in [2.24, 2.45) is 5.92 Å². The van der Waals surface area contributed by atoms with Gasteiger partial charge in [-0.05, 0) is 92.9 Å². The van der Waals surface area contributed by atoms with Gasteiger partial charge in [0, 0.05) is 23.9 Å². The minimum absolute atomic E-state index is 0.0318. The van der Waals surface area contributed by atoms with Crippen molar-refractivity contribution in [3.63, 3.8) is 0 Å².